The van der Waals surface area contributed by atoms with Crippen LogP contribution >= 0.6 is 0 Å². The van der Waals surface area contributed by atoms with Crippen molar-refractivity contribution in [3.8, 4) is 5.75 Å². The van der Waals surface area contributed by atoms with E-state index in [4.69, 9.17) is 4.74 Å². The summed E-state index contributed by atoms with van der Waals surface area (Å²) in [5, 5.41) is 5.66. The molecule has 0 atom stereocenters. The molecule has 2 heterocycles. The number of urea groups is 1. The van der Waals surface area contributed by atoms with Crippen LogP contribution in [-0.4, -0.2) is 67.0 Å². The van der Waals surface area contributed by atoms with Gasteiger partial charge in [-0.3, -0.25) is 9.59 Å². The molecule has 0 bridgehead atoms. The predicted molar refractivity (Wildman–Crippen MR) is 101 cm³/mol. The fourth-order valence-corrected chi connectivity index (χ4v) is 3.20. The molecule has 3 rings (SSSR count). The molecule has 0 saturated carbocycles. The van der Waals surface area contributed by atoms with Gasteiger partial charge in [-0.15, -0.1) is 0 Å². The van der Waals surface area contributed by atoms with Gasteiger partial charge < -0.3 is 25.2 Å². The van der Waals surface area contributed by atoms with Gasteiger partial charge in [-0.2, -0.15) is 0 Å². The summed E-state index contributed by atoms with van der Waals surface area (Å²) in [6.45, 7) is 5.21. The first-order chi connectivity index (χ1) is 13.1. The smallest absolute Gasteiger partial charge is 0.317 e. The van der Waals surface area contributed by atoms with Crippen LogP contribution in [0.5, 0.6) is 5.75 Å². The SMILES string of the molecule is CCCNC(=O)N1CCCN(C(=O)c2ccc3c(c2)NC(=O)CCO3)CC1. The fourth-order valence-electron chi connectivity index (χ4n) is 3.20. The summed E-state index contributed by atoms with van der Waals surface area (Å²) in [5.74, 6) is 0.348. The Balaban J connectivity index is 1.66. The number of amides is 4. The van der Waals surface area contributed by atoms with Crippen LogP contribution < -0.4 is 15.4 Å². The first-order valence-corrected chi connectivity index (χ1v) is 9.47. The highest BCUT2D eigenvalue weighted by Gasteiger charge is 2.24. The maximum absolute atomic E-state index is 12.9. The number of hydrogen-bond donors (Lipinski definition) is 2. The Morgan fingerprint density at radius 1 is 1.19 bits per heavy atom. The lowest BCUT2D eigenvalue weighted by Crippen LogP contribution is -2.42. The number of hydrogen-bond acceptors (Lipinski definition) is 4. The molecule has 2 aliphatic rings. The second kappa shape index (κ2) is 8.75. The van der Waals surface area contributed by atoms with E-state index in [9.17, 15) is 14.4 Å². The molecule has 1 fully saturated rings. The minimum atomic E-state index is -0.123. The molecule has 2 N–H and O–H groups in total. The van der Waals surface area contributed by atoms with E-state index in [-0.39, 0.29) is 17.8 Å². The van der Waals surface area contributed by atoms with Gasteiger partial charge in [0, 0.05) is 38.3 Å². The first kappa shape index (κ1) is 19.0. The molecule has 27 heavy (non-hydrogen) atoms. The van der Waals surface area contributed by atoms with E-state index < -0.39 is 0 Å². The van der Waals surface area contributed by atoms with Crippen molar-refractivity contribution < 1.29 is 19.1 Å². The van der Waals surface area contributed by atoms with Gasteiger partial charge in [-0.05, 0) is 31.0 Å². The molecule has 1 aromatic carbocycles. The van der Waals surface area contributed by atoms with Gasteiger partial charge >= 0.3 is 6.03 Å². The molecular weight excluding hydrogens is 348 g/mol. The third-order valence-corrected chi connectivity index (χ3v) is 4.68. The van der Waals surface area contributed by atoms with Crippen LogP contribution in [0, 0.1) is 0 Å². The number of ether oxygens (including phenoxy) is 1. The lowest BCUT2D eigenvalue weighted by atomic mass is 10.1. The summed E-state index contributed by atoms with van der Waals surface area (Å²) in [5.41, 5.74) is 1.03. The number of fused-ring (bicyclic) bond motifs is 1. The van der Waals surface area contributed by atoms with Gasteiger partial charge in [0.15, 0.2) is 0 Å². The summed E-state index contributed by atoms with van der Waals surface area (Å²) in [4.78, 5) is 40.3. The van der Waals surface area contributed by atoms with Crippen LogP contribution in [0.25, 0.3) is 0 Å². The van der Waals surface area contributed by atoms with E-state index in [0.29, 0.717) is 62.8 Å². The van der Waals surface area contributed by atoms with Crippen molar-refractivity contribution in [3.05, 3.63) is 23.8 Å². The predicted octanol–water partition coefficient (Wildman–Crippen LogP) is 1.68. The Hall–Kier alpha value is -2.77. The Kier molecular flexibility index (Phi) is 6.16. The molecule has 0 unspecified atom stereocenters. The Bertz CT molecular complexity index is 722. The zero-order valence-corrected chi connectivity index (χ0v) is 15.6. The molecule has 8 nitrogen and oxygen atoms in total. The fraction of sp³-hybridized carbons (Fsp3) is 0.526. The number of carbonyl (C=O) groups is 3. The summed E-state index contributed by atoms with van der Waals surface area (Å²) >= 11 is 0. The van der Waals surface area contributed by atoms with E-state index in [2.05, 4.69) is 10.6 Å². The quantitative estimate of drug-likeness (QED) is 0.842. The van der Waals surface area contributed by atoms with Gasteiger partial charge in [-0.25, -0.2) is 4.79 Å². The Morgan fingerprint density at radius 3 is 2.78 bits per heavy atom. The van der Waals surface area contributed by atoms with E-state index >= 15 is 0 Å². The molecule has 1 saturated heterocycles. The molecule has 0 aromatic heterocycles. The number of nitrogens with one attached hydrogen (secondary N) is 2. The normalized spacial score (nSPS) is 17.1. The summed E-state index contributed by atoms with van der Waals surface area (Å²) in [6.07, 6.45) is 1.92. The molecule has 0 aliphatic carbocycles. The second-order valence-electron chi connectivity index (χ2n) is 6.72. The van der Waals surface area contributed by atoms with Gasteiger partial charge in [0.05, 0.1) is 18.7 Å². The maximum atomic E-state index is 12.9. The van der Waals surface area contributed by atoms with Crippen LogP contribution in [0.4, 0.5) is 10.5 Å². The van der Waals surface area contributed by atoms with Crippen molar-refractivity contribution in [2.24, 2.45) is 0 Å². The standard InChI is InChI=1S/C19H26N4O4/c1-2-7-20-19(26)23-9-3-8-22(10-11-23)18(25)14-4-5-16-15(13-14)21-17(24)6-12-27-16/h4-5,13H,2-3,6-12H2,1H3,(H,20,26)(H,21,24). The minimum Gasteiger partial charge on any atom is -0.491 e. The van der Waals surface area contributed by atoms with E-state index in [1.54, 1.807) is 28.0 Å². The van der Waals surface area contributed by atoms with Crippen molar-refractivity contribution in [2.45, 2.75) is 26.2 Å². The molecule has 146 valence electrons. The number of nitrogens with zero attached hydrogens (tertiary/aromatic N) is 2. The summed E-state index contributed by atoms with van der Waals surface area (Å²) < 4.78 is 5.53. The average Bonchev–Trinajstić information content (AvgIpc) is 3.02. The highest BCUT2D eigenvalue weighted by molar-refractivity contribution is 5.98. The average molecular weight is 374 g/mol. The van der Waals surface area contributed by atoms with Crippen LogP contribution in [0.3, 0.4) is 0 Å². The van der Waals surface area contributed by atoms with Crippen molar-refractivity contribution in [1.82, 2.24) is 15.1 Å². The van der Waals surface area contributed by atoms with Gasteiger partial charge in [0.25, 0.3) is 5.91 Å². The minimum absolute atomic E-state index is 0.0731. The third kappa shape index (κ3) is 4.69. The van der Waals surface area contributed by atoms with Crippen molar-refractivity contribution >= 4 is 23.5 Å². The van der Waals surface area contributed by atoms with E-state index in [1.165, 1.54) is 0 Å². The molecule has 1 aromatic rings. The number of benzene rings is 1. The van der Waals surface area contributed by atoms with Crippen LogP contribution in [0.1, 0.15) is 36.5 Å². The molecule has 8 heteroatoms. The molecule has 0 spiro atoms. The number of anilines is 1. The number of rotatable bonds is 3. The Morgan fingerprint density at radius 2 is 1.96 bits per heavy atom. The van der Waals surface area contributed by atoms with Crippen molar-refractivity contribution in [1.29, 1.82) is 0 Å². The highest BCUT2D eigenvalue weighted by atomic mass is 16.5. The van der Waals surface area contributed by atoms with Crippen LogP contribution in [-0.2, 0) is 4.79 Å². The van der Waals surface area contributed by atoms with Crippen LogP contribution in [0.15, 0.2) is 18.2 Å². The topological polar surface area (TPSA) is 91.0 Å². The zero-order chi connectivity index (χ0) is 19.2. The van der Waals surface area contributed by atoms with E-state index in [0.717, 1.165) is 12.8 Å². The number of carbonyl (C=O) groups excluding carboxylic acids is 3. The first-order valence-electron chi connectivity index (χ1n) is 9.47. The van der Waals surface area contributed by atoms with Crippen molar-refractivity contribution in [3.63, 3.8) is 0 Å². The maximum Gasteiger partial charge on any atom is 0.317 e. The van der Waals surface area contributed by atoms with Crippen LogP contribution in [0.2, 0.25) is 0 Å². The second-order valence-corrected chi connectivity index (χ2v) is 6.72. The lowest BCUT2D eigenvalue weighted by molar-refractivity contribution is -0.116. The largest absolute Gasteiger partial charge is 0.491 e. The lowest BCUT2D eigenvalue weighted by Gasteiger charge is -2.22. The molecule has 0 radical (unpaired) electrons. The van der Waals surface area contributed by atoms with Gasteiger partial charge in [0.2, 0.25) is 5.91 Å². The summed E-state index contributed by atoms with van der Waals surface area (Å²) in [6, 6.07) is 5.03. The third-order valence-electron chi connectivity index (χ3n) is 4.68. The van der Waals surface area contributed by atoms with E-state index in [1.807, 2.05) is 6.92 Å². The molecular formula is C19H26N4O4. The van der Waals surface area contributed by atoms with Gasteiger partial charge in [-0.1, -0.05) is 6.92 Å². The highest BCUT2D eigenvalue weighted by Crippen LogP contribution is 2.28. The monoisotopic (exact) mass is 374 g/mol. The summed E-state index contributed by atoms with van der Waals surface area (Å²) in [7, 11) is 0. The van der Waals surface area contributed by atoms with Gasteiger partial charge in [0.1, 0.15) is 5.75 Å². The Labute approximate surface area is 158 Å². The van der Waals surface area contributed by atoms with Crippen molar-refractivity contribution in [2.75, 3.05) is 44.6 Å². The molecule has 4 amide bonds. The zero-order valence-electron chi connectivity index (χ0n) is 15.6. The molecule has 2 aliphatic heterocycles.